The van der Waals surface area contributed by atoms with Crippen molar-refractivity contribution >= 4 is 39.4 Å². The number of primary amides is 1. The Morgan fingerprint density at radius 2 is 1.58 bits per heavy atom. The number of carbonyl (C=O) groups excluding carboxylic acids is 5. The van der Waals surface area contributed by atoms with Gasteiger partial charge in [-0.25, -0.2) is 13.2 Å². The standard InChI is InChI=1S/C39H59N5O7S/c1-24(2)28-23-44(31(30(28)26-16-17-26)35(47)41-29(22-25-14-15-25)32(45)34(40)46)36(48)33(38(3,4)5)42-37(49)43-39(18-10-7-11-19-39)20-21-52(50,51)27-12-8-6-9-13-27/h6,8-9,12-13,24-26,28-31,33H,7,10-11,14-23H2,1-5H3,(H2,40,46)(H,41,47)(H2,42,43,49)/t28?,29?,30?,31-,33?/m0/s1. The van der Waals surface area contributed by atoms with E-state index in [9.17, 15) is 32.4 Å². The van der Waals surface area contributed by atoms with Crippen LogP contribution in [0.1, 0.15) is 105 Å². The number of nitrogens with one attached hydrogen (secondary N) is 3. The van der Waals surface area contributed by atoms with E-state index < -0.39 is 62.5 Å². The molecule has 1 aromatic rings. The first kappa shape index (κ1) is 39.7. The lowest BCUT2D eigenvalue weighted by atomic mass is 9.79. The number of sulfone groups is 1. The summed E-state index contributed by atoms with van der Waals surface area (Å²) < 4.78 is 26.5. The van der Waals surface area contributed by atoms with Crippen molar-refractivity contribution in [3.05, 3.63) is 30.3 Å². The van der Waals surface area contributed by atoms with Crippen LogP contribution < -0.4 is 21.7 Å². The maximum atomic E-state index is 14.8. The van der Waals surface area contributed by atoms with Gasteiger partial charge in [-0.1, -0.05) is 84.9 Å². The fourth-order valence-electron chi connectivity index (χ4n) is 8.50. The van der Waals surface area contributed by atoms with Gasteiger partial charge in [0.05, 0.1) is 16.7 Å². The Labute approximate surface area is 309 Å². The number of benzene rings is 1. The monoisotopic (exact) mass is 741 g/mol. The van der Waals surface area contributed by atoms with E-state index in [-0.39, 0.29) is 52.6 Å². The number of likely N-dealkylation sites (tertiary alicyclic amines) is 1. The molecule has 0 spiro atoms. The third-order valence-electron chi connectivity index (χ3n) is 11.8. The van der Waals surface area contributed by atoms with Gasteiger partial charge in [0.25, 0.3) is 5.91 Å². The summed E-state index contributed by atoms with van der Waals surface area (Å²) in [5.41, 5.74) is 3.87. The minimum Gasteiger partial charge on any atom is -0.363 e. The normalized spacial score (nSPS) is 24.5. The van der Waals surface area contributed by atoms with E-state index in [1.165, 1.54) is 0 Å². The maximum Gasteiger partial charge on any atom is 0.315 e. The SMILES string of the molecule is CC(C)C1CN(C(=O)C(NC(=O)NC2(CCS(=O)(=O)c3ccccc3)CCCCC2)C(C)(C)C)[C@H](C(=O)NC(CC2CC2)C(=O)C(N)=O)C1C1CC1. The molecule has 5 amide bonds. The molecule has 288 valence electrons. The van der Waals surface area contributed by atoms with Crippen molar-refractivity contribution in [3.8, 4) is 0 Å². The van der Waals surface area contributed by atoms with Crippen LogP contribution in [0.5, 0.6) is 0 Å². The average molecular weight is 742 g/mol. The maximum absolute atomic E-state index is 14.8. The molecule has 1 aromatic carbocycles. The van der Waals surface area contributed by atoms with Crippen molar-refractivity contribution in [2.45, 2.75) is 134 Å². The summed E-state index contributed by atoms with van der Waals surface area (Å²) in [7, 11) is -3.58. The van der Waals surface area contributed by atoms with E-state index in [0.29, 0.717) is 25.8 Å². The van der Waals surface area contributed by atoms with Crippen LogP contribution in [0, 0.1) is 35.0 Å². The van der Waals surface area contributed by atoms with Crippen molar-refractivity contribution < 1.29 is 32.4 Å². The predicted octanol–water partition coefficient (Wildman–Crippen LogP) is 4.12. The third-order valence-corrected chi connectivity index (χ3v) is 13.6. The number of urea groups is 1. The predicted molar refractivity (Wildman–Crippen MR) is 197 cm³/mol. The molecule has 3 saturated carbocycles. The lowest BCUT2D eigenvalue weighted by Crippen LogP contribution is -2.62. The van der Waals surface area contributed by atoms with Crippen molar-refractivity contribution in [1.29, 1.82) is 0 Å². The summed E-state index contributed by atoms with van der Waals surface area (Å²) in [4.78, 5) is 69.7. The van der Waals surface area contributed by atoms with Crippen LogP contribution in [0.4, 0.5) is 4.79 Å². The first-order chi connectivity index (χ1) is 24.4. The fourth-order valence-corrected chi connectivity index (χ4v) is 9.97. The highest BCUT2D eigenvalue weighted by Crippen LogP contribution is 2.50. The van der Waals surface area contributed by atoms with Gasteiger partial charge in [0.2, 0.25) is 17.6 Å². The van der Waals surface area contributed by atoms with Gasteiger partial charge in [-0.3, -0.25) is 19.2 Å². The Hall–Kier alpha value is -3.48. The fraction of sp³-hybridized carbons (Fsp3) is 0.718. The quantitative estimate of drug-likeness (QED) is 0.195. The first-order valence-electron chi connectivity index (χ1n) is 19.2. The molecule has 5 atom stereocenters. The molecule has 5 N–H and O–H groups in total. The molecule has 4 aliphatic rings. The van der Waals surface area contributed by atoms with Gasteiger partial charge in [-0.05, 0) is 85.7 Å². The molecule has 3 aliphatic carbocycles. The second-order valence-corrected chi connectivity index (χ2v) is 19.5. The van der Waals surface area contributed by atoms with Crippen LogP contribution in [0.15, 0.2) is 35.2 Å². The molecular formula is C39H59N5O7S. The summed E-state index contributed by atoms with van der Waals surface area (Å²) in [6.07, 6.45) is 8.21. The van der Waals surface area contributed by atoms with Gasteiger partial charge in [-0.2, -0.15) is 0 Å². The molecule has 0 radical (unpaired) electrons. The van der Waals surface area contributed by atoms with E-state index in [0.717, 1.165) is 44.9 Å². The minimum absolute atomic E-state index is 0.0208. The molecule has 1 saturated heterocycles. The highest BCUT2D eigenvalue weighted by Gasteiger charge is 2.56. The van der Waals surface area contributed by atoms with Crippen LogP contribution in [-0.4, -0.2) is 78.8 Å². The Morgan fingerprint density at radius 1 is 0.942 bits per heavy atom. The molecule has 1 heterocycles. The smallest absolute Gasteiger partial charge is 0.315 e. The van der Waals surface area contributed by atoms with Crippen LogP contribution in [0.2, 0.25) is 0 Å². The van der Waals surface area contributed by atoms with E-state index in [4.69, 9.17) is 5.73 Å². The number of amides is 5. The Bertz CT molecular complexity index is 1590. The van der Waals surface area contributed by atoms with Crippen molar-refractivity contribution in [2.24, 2.45) is 40.7 Å². The highest BCUT2D eigenvalue weighted by molar-refractivity contribution is 7.91. The van der Waals surface area contributed by atoms with Crippen molar-refractivity contribution in [2.75, 3.05) is 12.3 Å². The summed E-state index contributed by atoms with van der Waals surface area (Å²) in [6.45, 7) is 10.1. The second kappa shape index (κ2) is 15.9. The average Bonchev–Trinajstić information content (AvgIpc) is 4.04. The number of carbonyl (C=O) groups is 5. The van der Waals surface area contributed by atoms with Gasteiger partial charge in [-0.15, -0.1) is 0 Å². The lowest BCUT2D eigenvalue weighted by Gasteiger charge is -2.40. The Balaban J connectivity index is 1.37. The molecule has 4 unspecified atom stereocenters. The second-order valence-electron chi connectivity index (χ2n) is 17.3. The molecule has 5 rings (SSSR count). The van der Waals surface area contributed by atoms with Crippen LogP contribution in [-0.2, 0) is 29.0 Å². The van der Waals surface area contributed by atoms with E-state index in [2.05, 4.69) is 29.8 Å². The molecule has 0 bridgehead atoms. The van der Waals surface area contributed by atoms with Crippen LogP contribution >= 0.6 is 0 Å². The largest absolute Gasteiger partial charge is 0.363 e. The number of rotatable bonds is 15. The minimum atomic E-state index is -3.58. The first-order valence-corrected chi connectivity index (χ1v) is 20.9. The summed E-state index contributed by atoms with van der Waals surface area (Å²) >= 11 is 0. The molecule has 12 nitrogen and oxygen atoms in total. The third kappa shape index (κ3) is 9.54. The van der Waals surface area contributed by atoms with Gasteiger partial charge >= 0.3 is 6.03 Å². The molecular weight excluding hydrogens is 683 g/mol. The number of hydrogen-bond acceptors (Lipinski definition) is 7. The number of nitrogens with zero attached hydrogens (tertiary/aromatic N) is 1. The van der Waals surface area contributed by atoms with Gasteiger partial charge in [0.1, 0.15) is 12.1 Å². The van der Waals surface area contributed by atoms with Gasteiger partial charge in [0.15, 0.2) is 9.84 Å². The van der Waals surface area contributed by atoms with E-state index >= 15 is 0 Å². The number of Topliss-reactive ketones (excluding diaryl/α,β-unsaturated/α-hetero) is 1. The zero-order chi connectivity index (χ0) is 38.0. The zero-order valence-corrected chi connectivity index (χ0v) is 32.3. The molecule has 1 aliphatic heterocycles. The van der Waals surface area contributed by atoms with Crippen molar-refractivity contribution in [1.82, 2.24) is 20.9 Å². The molecule has 0 aromatic heterocycles. The highest BCUT2D eigenvalue weighted by atomic mass is 32.2. The molecule has 52 heavy (non-hydrogen) atoms. The number of nitrogens with two attached hydrogens (primary N) is 1. The summed E-state index contributed by atoms with van der Waals surface area (Å²) in [5.74, 6) is -2.38. The Morgan fingerprint density at radius 3 is 2.12 bits per heavy atom. The van der Waals surface area contributed by atoms with Crippen LogP contribution in [0.25, 0.3) is 0 Å². The van der Waals surface area contributed by atoms with Gasteiger partial charge in [0, 0.05) is 12.1 Å². The van der Waals surface area contributed by atoms with Crippen molar-refractivity contribution in [3.63, 3.8) is 0 Å². The summed E-state index contributed by atoms with van der Waals surface area (Å²) in [5, 5.41) is 8.95. The molecule has 13 heteroatoms. The number of ketones is 1. The summed E-state index contributed by atoms with van der Waals surface area (Å²) in [6, 6.07) is 4.81. The van der Waals surface area contributed by atoms with Gasteiger partial charge < -0.3 is 26.6 Å². The zero-order valence-electron chi connectivity index (χ0n) is 31.5. The number of hydrogen-bond donors (Lipinski definition) is 4. The van der Waals surface area contributed by atoms with Crippen LogP contribution in [0.3, 0.4) is 0 Å². The van der Waals surface area contributed by atoms with E-state index in [1.54, 1.807) is 35.2 Å². The molecule has 4 fully saturated rings. The topological polar surface area (TPSA) is 185 Å². The lowest BCUT2D eigenvalue weighted by molar-refractivity contribution is -0.144. The van der Waals surface area contributed by atoms with E-state index in [1.807, 2.05) is 20.8 Å². The Kier molecular flexibility index (Phi) is 12.1.